The number of pyridine rings is 1. The summed E-state index contributed by atoms with van der Waals surface area (Å²) >= 11 is 2.13. The van der Waals surface area contributed by atoms with Crippen molar-refractivity contribution in [2.45, 2.75) is 26.3 Å². The zero-order chi connectivity index (χ0) is 12.1. The van der Waals surface area contributed by atoms with Crippen LogP contribution in [0.5, 0.6) is 0 Å². The van der Waals surface area contributed by atoms with Gasteiger partial charge in [-0.25, -0.2) is 9.78 Å². The van der Waals surface area contributed by atoms with E-state index in [4.69, 9.17) is 5.11 Å². The molecule has 0 fully saturated rings. The fraction of sp³-hybridized carbons (Fsp3) is 0.455. The second kappa shape index (κ2) is 6.03. The number of nitrogens with one attached hydrogen (secondary N) is 1. The Morgan fingerprint density at radius 3 is 2.88 bits per heavy atom. The zero-order valence-corrected chi connectivity index (χ0v) is 11.4. The highest BCUT2D eigenvalue weighted by Gasteiger charge is 2.24. The van der Waals surface area contributed by atoms with E-state index in [1.807, 2.05) is 26.0 Å². The Labute approximate surface area is 109 Å². The van der Waals surface area contributed by atoms with Gasteiger partial charge in [-0.15, -0.1) is 0 Å². The number of carbonyl (C=O) groups is 1. The number of nitrogens with zero attached hydrogens (tertiary/aromatic N) is 1. The minimum Gasteiger partial charge on any atom is -0.480 e. The van der Waals surface area contributed by atoms with E-state index in [1.165, 1.54) is 0 Å². The molecule has 0 radical (unpaired) electrons. The van der Waals surface area contributed by atoms with Crippen LogP contribution in [0.25, 0.3) is 0 Å². The van der Waals surface area contributed by atoms with Crippen LogP contribution in [0.1, 0.15) is 20.3 Å². The average molecular weight is 334 g/mol. The third-order valence-corrected chi connectivity index (χ3v) is 3.40. The average Bonchev–Trinajstić information content (AvgIpc) is 2.26. The number of carboxylic acid groups (broad SMARTS) is 1. The van der Waals surface area contributed by atoms with E-state index < -0.39 is 12.0 Å². The van der Waals surface area contributed by atoms with Crippen LogP contribution in [0.2, 0.25) is 0 Å². The highest BCUT2D eigenvalue weighted by atomic mass is 127. The van der Waals surface area contributed by atoms with Gasteiger partial charge in [-0.3, -0.25) is 0 Å². The summed E-state index contributed by atoms with van der Waals surface area (Å²) in [4.78, 5) is 15.3. The number of hydrogen-bond acceptors (Lipinski definition) is 3. The molecule has 0 aliphatic carbocycles. The highest BCUT2D eigenvalue weighted by Crippen LogP contribution is 2.18. The largest absolute Gasteiger partial charge is 0.480 e. The van der Waals surface area contributed by atoms with Crippen molar-refractivity contribution in [1.82, 2.24) is 4.98 Å². The lowest BCUT2D eigenvalue weighted by molar-refractivity contribution is -0.139. The molecule has 5 heteroatoms. The maximum atomic E-state index is 11.1. The van der Waals surface area contributed by atoms with Gasteiger partial charge in [-0.05, 0) is 40.6 Å². The summed E-state index contributed by atoms with van der Waals surface area (Å²) in [5.74, 6) is -0.137. The second-order valence-corrected chi connectivity index (χ2v) is 4.84. The predicted octanol–water partition coefficient (Wildman–Crippen LogP) is 2.60. The van der Waals surface area contributed by atoms with Gasteiger partial charge in [0.15, 0.2) is 0 Å². The fourth-order valence-electron chi connectivity index (χ4n) is 1.32. The van der Waals surface area contributed by atoms with Gasteiger partial charge in [-0.1, -0.05) is 20.3 Å². The van der Waals surface area contributed by atoms with Crippen LogP contribution in [0.15, 0.2) is 18.3 Å². The molecule has 1 aromatic rings. The third-order valence-electron chi connectivity index (χ3n) is 2.53. The van der Waals surface area contributed by atoms with Crippen molar-refractivity contribution in [2.75, 3.05) is 5.32 Å². The Balaban J connectivity index is 2.84. The van der Waals surface area contributed by atoms with Gasteiger partial charge in [0.1, 0.15) is 11.9 Å². The normalized spacial score (nSPS) is 14.2. The summed E-state index contributed by atoms with van der Waals surface area (Å²) in [7, 11) is 0. The fourth-order valence-corrected chi connectivity index (χ4v) is 1.82. The Bertz CT molecular complexity index is 371. The molecule has 0 saturated heterocycles. The highest BCUT2D eigenvalue weighted by molar-refractivity contribution is 14.1. The van der Waals surface area contributed by atoms with E-state index in [1.54, 1.807) is 6.20 Å². The minimum atomic E-state index is -0.837. The molecular weight excluding hydrogens is 319 g/mol. The number of halogens is 1. The first kappa shape index (κ1) is 13.2. The van der Waals surface area contributed by atoms with Crippen LogP contribution in [0.4, 0.5) is 5.82 Å². The first-order chi connectivity index (χ1) is 7.56. The molecule has 0 spiro atoms. The summed E-state index contributed by atoms with van der Waals surface area (Å²) < 4.78 is 0.926. The molecule has 2 N–H and O–H groups in total. The minimum absolute atomic E-state index is 0.0651. The van der Waals surface area contributed by atoms with Gasteiger partial charge < -0.3 is 10.4 Å². The topological polar surface area (TPSA) is 62.2 Å². The number of aromatic nitrogens is 1. The number of rotatable bonds is 5. The first-order valence-corrected chi connectivity index (χ1v) is 6.24. The molecule has 1 heterocycles. The number of carboxylic acids is 1. The lowest BCUT2D eigenvalue weighted by Crippen LogP contribution is -2.35. The molecule has 0 saturated carbocycles. The first-order valence-electron chi connectivity index (χ1n) is 5.16. The standard InChI is InChI=1S/C11H15IN2O2/c1-3-7(2)9(11(15)16)14-10-8(12)5-4-6-13-10/h4-7,9H,3H2,1-2H3,(H,13,14)(H,15,16)/t7-,9-/m0/s1. The third kappa shape index (κ3) is 3.33. The Hall–Kier alpha value is -0.850. The van der Waals surface area contributed by atoms with Crippen LogP contribution in [-0.2, 0) is 4.79 Å². The molecule has 0 bridgehead atoms. The monoisotopic (exact) mass is 334 g/mol. The van der Waals surface area contributed by atoms with E-state index >= 15 is 0 Å². The van der Waals surface area contributed by atoms with E-state index in [-0.39, 0.29) is 5.92 Å². The molecule has 1 aromatic heterocycles. The molecule has 0 amide bonds. The summed E-state index contributed by atoms with van der Waals surface area (Å²) in [5.41, 5.74) is 0. The maximum absolute atomic E-state index is 11.1. The second-order valence-electron chi connectivity index (χ2n) is 3.68. The predicted molar refractivity (Wildman–Crippen MR) is 71.5 cm³/mol. The van der Waals surface area contributed by atoms with Crippen molar-refractivity contribution in [3.05, 3.63) is 21.9 Å². The van der Waals surface area contributed by atoms with Gasteiger partial charge in [0.2, 0.25) is 0 Å². The molecule has 0 unspecified atom stereocenters. The lowest BCUT2D eigenvalue weighted by Gasteiger charge is -2.21. The smallest absolute Gasteiger partial charge is 0.326 e. The van der Waals surface area contributed by atoms with Crippen molar-refractivity contribution in [3.8, 4) is 0 Å². The molecule has 0 aromatic carbocycles. The van der Waals surface area contributed by atoms with E-state index in [0.717, 1.165) is 9.99 Å². The van der Waals surface area contributed by atoms with Crippen LogP contribution in [0, 0.1) is 9.49 Å². The molecule has 88 valence electrons. The van der Waals surface area contributed by atoms with E-state index in [0.29, 0.717) is 5.82 Å². The van der Waals surface area contributed by atoms with Gasteiger partial charge in [0.05, 0.1) is 3.57 Å². The van der Waals surface area contributed by atoms with Gasteiger partial charge in [-0.2, -0.15) is 0 Å². The number of aliphatic carboxylic acids is 1. The molecule has 2 atom stereocenters. The van der Waals surface area contributed by atoms with Crippen molar-refractivity contribution >= 4 is 34.4 Å². The number of hydrogen-bond donors (Lipinski definition) is 2. The van der Waals surface area contributed by atoms with Crippen LogP contribution < -0.4 is 5.32 Å². The molecule has 16 heavy (non-hydrogen) atoms. The van der Waals surface area contributed by atoms with Gasteiger partial charge in [0.25, 0.3) is 0 Å². The van der Waals surface area contributed by atoms with E-state index in [9.17, 15) is 4.79 Å². The van der Waals surface area contributed by atoms with Gasteiger partial charge in [0, 0.05) is 6.20 Å². The molecule has 0 aliphatic heterocycles. The summed E-state index contributed by atoms with van der Waals surface area (Å²) in [6.07, 6.45) is 2.47. The quantitative estimate of drug-likeness (QED) is 0.813. The Morgan fingerprint density at radius 2 is 2.38 bits per heavy atom. The summed E-state index contributed by atoms with van der Waals surface area (Å²) in [5, 5.41) is 12.1. The van der Waals surface area contributed by atoms with Crippen LogP contribution in [-0.4, -0.2) is 22.1 Å². The maximum Gasteiger partial charge on any atom is 0.326 e. The van der Waals surface area contributed by atoms with Gasteiger partial charge >= 0.3 is 5.97 Å². The molecule has 4 nitrogen and oxygen atoms in total. The van der Waals surface area contributed by atoms with Crippen molar-refractivity contribution in [1.29, 1.82) is 0 Å². The lowest BCUT2D eigenvalue weighted by atomic mass is 9.99. The van der Waals surface area contributed by atoms with Crippen molar-refractivity contribution in [2.24, 2.45) is 5.92 Å². The Kier molecular flexibility index (Phi) is 4.98. The van der Waals surface area contributed by atoms with Crippen LogP contribution >= 0.6 is 22.6 Å². The number of anilines is 1. The summed E-state index contributed by atoms with van der Waals surface area (Å²) in [6.45, 7) is 3.90. The van der Waals surface area contributed by atoms with Crippen molar-refractivity contribution < 1.29 is 9.90 Å². The summed E-state index contributed by atoms with van der Waals surface area (Å²) in [6, 6.07) is 3.13. The Morgan fingerprint density at radius 1 is 1.69 bits per heavy atom. The molecule has 0 aliphatic rings. The van der Waals surface area contributed by atoms with Crippen molar-refractivity contribution in [3.63, 3.8) is 0 Å². The molecule has 1 rings (SSSR count). The SMILES string of the molecule is CC[C@H](C)[C@H](Nc1ncccc1I)C(=O)O. The van der Waals surface area contributed by atoms with E-state index in [2.05, 4.69) is 32.9 Å². The zero-order valence-electron chi connectivity index (χ0n) is 9.27. The molecular formula is C11H15IN2O2. The van der Waals surface area contributed by atoms with Crippen LogP contribution in [0.3, 0.4) is 0 Å².